The highest BCUT2D eigenvalue weighted by molar-refractivity contribution is 9.10. The smallest absolute Gasteiger partial charge is 0.259 e. The largest absolute Gasteiger partial charge is 0.496 e. The maximum atomic E-state index is 12.6. The Kier molecular flexibility index (Phi) is 5.40. The van der Waals surface area contributed by atoms with Crippen LogP contribution in [0.2, 0.25) is 0 Å². The van der Waals surface area contributed by atoms with Gasteiger partial charge in [0.15, 0.2) is 5.16 Å². The van der Waals surface area contributed by atoms with Crippen molar-refractivity contribution >= 4 is 39.3 Å². The zero-order valence-electron chi connectivity index (χ0n) is 13.6. The number of hydrogen-bond donors (Lipinski definition) is 1. The van der Waals surface area contributed by atoms with Gasteiger partial charge >= 0.3 is 0 Å². The maximum absolute atomic E-state index is 12.6. The van der Waals surface area contributed by atoms with Crippen LogP contribution in [-0.2, 0) is 7.05 Å². The molecule has 0 unspecified atom stereocenters. The molecule has 0 aliphatic heterocycles. The van der Waals surface area contributed by atoms with Gasteiger partial charge in [0, 0.05) is 11.9 Å². The Bertz CT molecular complexity index is 913. The van der Waals surface area contributed by atoms with Crippen molar-refractivity contribution in [3.8, 4) is 5.75 Å². The van der Waals surface area contributed by atoms with E-state index < -0.39 is 0 Å². The number of carbonyl (C=O) groups excluding carboxylic acids is 1. The van der Waals surface area contributed by atoms with Crippen molar-refractivity contribution in [3.05, 3.63) is 58.8 Å². The maximum Gasteiger partial charge on any atom is 0.259 e. The molecule has 1 N–H and O–H groups in total. The number of nitrogens with one attached hydrogen (secondary N) is 1. The van der Waals surface area contributed by atoms with Crippen LogP contribution in [-0.4, -0.2) is 27.8 Å². The predicted molar refractivity (Wildman–Crippen MR) is 100 cm³/mol. The fraction of sp³-hybridized carbons (Fsp3) is 0.118. The van der Waals surface area contributed by atoms with Gasteiger partial charge in [0.25, 0.3) is 5.91 Å². The second-order valence-electron chi connectivity index (χ2n) is 5.04. The van der Waals surface area contributed by atoms with Gasteiger partial charge < -0.3 is 10.1 Å². The van der Waals surface area contributed by atoms with Crippen LogP contribution < -0.4 is 10.1 Å². The SMILES string of the molecule is COc1ccccc1C(=O)Nc1ccccc1Sc1nc(Br)nn1C. The minimum absolute atomic E-state index is 0.232. The van der Waals surface area contributed by atoms with Gasteiger partial charge in [0.05, 0.1) is 18.4 Å². The summed E-state index contributed by atoms with van der Waals surface area (Å²) in [4.78, 5) is 17.8. The molecule has 0 spiro atoms. The molecule has 1 aromatic heterocycles. The zero-order valence-corrected chi connectivity index (χ0v) is 16.0. The fourth-order valence-corrected chi connectivity index (χ4v) is 3.61. The molecule has 0 atom stereocenters. The van der Waals surface area contributed by atoms with Crippen LogP contribution in [0.1, 0.15) is 10.4 Å². The van der Waals surface area contributed by atoms with Gasteiger partial charge in [-0.25, -0.2) is 4.68 Å². The fourth-order valence-electron chi connectivity index (χ4n) is 2.21. The summed E-state index contributed by atoms with van der Waals surface area (Å²) in [5.41, 5.74) is 1.17. The van der Waals surface area contributed by atoms with Crippen LogP contribution in [0.3, 0.4) is 0 Å². The molecule has 3 rings (SSSR count). The third-order valence-electron chi connectivity index (χ3n) is 3.39. The number of para-hydroxylation sites is 2. The molecule has 25 heavy (non-hydrogen) atoms. The van der Waals surface area contributed by atoms with Gasteiger partial charge in [-0.15, -0.1) is 5.10 Å². The number of benzene rings is 2. The van der Waals surface area contributed by atoms with Gasteiger partial charge in [-0.3, -0.25) is 4.79 Å². The van der Waals surface area contributed by atoms with E-state index in [-0.39, 0.29) is 5.91 Å². The molecule has 3 aromatic rings. The number of methoxy groups -OCH3 is 1. The third kappa shape index (κ3) is 4.02. The highest BCUT2D eigenvalue weighted by Crippen LogP contribution is 2.33. The van der Waals surface area contributed by atoms with E-state index in [1.54, 1.807) is 30.0 Å². The molecule has 6 nitrogen and oxygen atoms in total. The van der Waals surface area contributed by atoms with Crippen molar-refractivity contribution in [2.45, 2.75) is 10.1 Å². The first-order chi connectivity index (χ1) is 12.1. The molecule has 0 saturated carbocycles. The van der Waals surface area contributed by atoms with Crippen molar-refractivity contribution < 1.29 is 9.53 Å². The quantitative estimate of drug-likeness (QED) is 0.678. The summed E-state index contributed by atoms with van der Waals surface area (Å²) in [5.74, 6) is 0.298. The minimum atomic E-state index is -0.232. The number of anilines is 1. The second kappa shape index (κ2) is 7.71. The lowest BCUT2D eigenvalue weighted by atomic mass is 10.2. The number of aryl methyl sites for hydroxylation is 1. The van der Waals surface area contributed by atoms with E-state index in [0.29, 0.717) is 26.9 Å². The van der Waals surface area contributed by atoms with Crippen LogP contribution in [0.5, 0.6) is 5.75 Å². The van der Waals surface area contributed by atoms with Crippen LogP contribution in [0, 0.1) is 0 Å². The van der Waals surface area contributed by atoms with E-state index in [1.807, 2.05) is 37.4 Å². The Balaban J connectivity index is 1.86. The summed E-state index contributed by atoms with van der Waals surface area (Å²) in [7, 11) is 3.36. The molecular weight excluding hydrogens is 404 g/mol. The van der Waals surface area contributed by atoms with Crippen molar-refractivity contribution in [1.82, 2.24) is 14.8 Å². The highest BCUT2D eigenvalue weighted by Gasteiger charge is 2.15. The molecule has 0 aliphatic rings. The van der Waals surface area contributed by atoms with E-state index in [1.165, 1.54) is 11.8 Å². The minimum Gasteiger partial charge on any atom is -0.496 e. The van der Waals surface area contributed by atoms with Crippen molar-refractivity contribution in [2.24, 2.45) is 7.05 Å². The number of amides is 1. The lowest BCUT2D eigenvalue weighted by Crippen LogP contribution is -2.13. The highest BCUT2D eigenvalue weighted by atomic mass is 79.9. The number of hydrogen-bond acceptors (Lipinski definition) is 5. The Hall–Kier alpha value is -2.32. The van der Waals surface area contributed by atoms with Crippen LogP contribution in [0.15, 0.2) is 63.3 Å². The zero-order chi connectivity index (χ0) is 17.8. The first kappa shape index (κ1) is 17.5. The number of halogens is 1. The molecule has 2 aromatic carbocycles. The lowest BCUT2D eigenvalue weighted by Gasteiger charge is -2.12. The molecular formula is C17H15BrN4O2S. The summed E-state index contributed by atoms with van der Waals surface area (Å²) in [6, 6.07) is 14.7. The molecule has 1 heterocycles. The second-order valence-corrected chi connectivity index (χ2v) is 6.76. The molecule has 0 bridgehead atoms. The summed E-state index contributed by atoms with van der Waals surface area (Å²) in [5, 5.41) is 7.82. The first-order valence-corrected chi connectivity index (χ1v) is 8.97. The van der Waals surface area contributed by atoms with Crippen molar-refractivity contribution in [1.29, 1.82) is 0 Å². The molecule has 0 aliphatic carbocycles. The van der Waals surface area contributed by atoms with E-state index >= 15 is 0 Å². The Morgan fingerprint density at radius 2 is 1.92 bits per heavy atom. The van der Waals surface area contributed by atoms with Gasteiger partial charge in [-0.05, 0) is 52.0 Å². The Morgan fingerprint density at radius 3 is 2.64 bits per heavy atom. The summed E-state index contributed by atoms with van der Waals surface area (Å²) >= 11 is 4.68. The molecule has 8 heteroatoms. The van der Waals surface area contributed by atoms with Crippen LogP contribution in [0.25, 0.3) is 0 Å². The topological polar surface area (TPSA) is 69.0 Å². The lowest BCUT2D eigenvalue weighted by molar-refractivity contribution is 0.102. The summed E-state index contributed by atoms with van der Waals surface area (Å²) in [6.07, 6.45) is 0. The third-order valence-corrected chi connectivity index (χ3v) is 4.84. The standard InChI is InChI=1S/C17H15BrN4O2S/c1-22-17(20-16(18)21-22)25-14-10-6-4-8-12(14)19-15(23)11-7-3-5-9-13(11)24-2/h3-10H,1-2H3,(H,19,23). The number of carbonyl (C=O) groups is 1. The van der Waals surface area contributed by atoms with E-state index in [2.05, 4.69) is 31.3 Å². The van der Waals surface area contributed by atoms with E-state index in [0.717, 1.165) is 4.90 Å². The molecule has 0 radical (unpaired) electrons. The molecule has 128 valence electrons. The summed E-state index contributed by atoms with van der Waals surface area (Å²) in [6.45, 7) is 0. The number of rotatable bonds is 5. The number of ether oxygens (including phenoxy) is 1. The Morgan fingerprint density at radius 1 is 1.20 bits per heavy atom. The molecule has 0 saturated heterocycles. The van der Waals surface area contributed by atoms with Crippen LogP contribution >= 0.6 is 27.7 Å². The van der Waals surface area contributed by atoms with Gasteiger partial charge in [0.2, 0.25) is 4.73 Å². The normalized spacial score (nSPS) is 10.5. The van der Waals surface area contributed by atoms with Crippen LogP contribution in [0.4, 0.5) is 5.69 Å². The van der Waals surface area contributed by atoms with Crippen molar-refractivity contribution in [3.63, 3.8) is 0 Å². The first-order valence-electron chi connectivity index (χ1n) is 7.36. The summed E-state index contributed by atoms with van der Waals surface area (Å²) < 4.78 is 7.45. The average Bonchev–Trinajstić information content (AvgIpc) is 2.93. The average molecular weight is 419 g/mol. The van der Waals surface area contributed by atoms with E-state index in [9.17, 15) is 4.79 Å². The Labute approximate surface area is 157 Å². The monoisotopic (exact) mass is 418 g/mol. The van der Waals surface area contributed by atoms with E-state index in [4.69, 9.17) is 4.74 Å². The molecule has 1 amide bonds. The van der Waals surface area contributed by atoms with Gasteiger partial charge in [0.1, 0.15) is 5.75 Å². The number of nitrogens with zero attached hydrogens (tertiary/aromatic N) is 3. The van der Waals surface area contributed by atoms with Crippen molar-refractivity contribution in [2.75, 3.05) is 12.4 Å². The van der Waals surface area contributed by atoms with Gasteiger partial charge in [-0.1, -0.05) is 24.3 Å². The molecule has 0 fully saturated rings. The predicted octanol–water partition coefficient (Wildman–Crippen LogP) is 3.99. The van der Waals surface area contributed by atoms with Gasteiger partial charge in [-0.2, -0.15) is 4.98 Å². The number of aromatic nitrogens is 3.